The van der Waals surface area contributed by atoms with Crippen LogP contribution >= 0.6 is 11.6 Å². The maximum absolute atomic E-state index is 11.7. The molecular formula is C11H16ClN3O. The topological polar surface area (TPSA) is 68.0 Å². The first kappa shape index (κ1) is 12.8. The van der Waals surface area contributed by atoms with Crippen LogP contribution in [0.5, 0.6) is 0 Å². The molecule has 16 heavy (non-hydrogen) atoms. The van der Waals surface area contributed by atoms with Gasteiger partial charge in [0.2, 0.25) is 0 Å². The molecule has 88 valence electrons. The predicted octanol–water partition coefficient (Wildman–Crippen LogP) is 2.09. The van der Waals surface area contributed by atoms with E-state index in [2.05, 4.69) is 24.1 Å². The lowest BCUT2D eigenvalue weighted by molar-refractivity contribution is 0.0947. The number of nitrogens with zero attached hydrogens (tertiary/aromatic N) is 1. The number of anilines is 1. The van der Waals surface area contributed by atoms with Crippen molar-refractivity contribution in [3.05, 3.63) is 22.8 Å². The van der Waals surface area contributed by atoms with Crippen LogP contribution in [0.4, 0.5) is 5.82 Å². The minimum absolute atomic E-state index is 0.172. The number of hydrogen-bond acceptors (Lipinski definition) is 3. The molecule has 3 N–H and O–H groups in total. The number of carbonyl (C=O) groups excluding carboxylic acids is 1. The Kier molecular flexibility index (Phi) is 4.55. The Hall–Kier alpha value is -1.29. The highest BCUT2D eigenvalue weighted by atomic mass is 35.5. The van der Waals surface area contributed by atoms with Crippen LogP contribution in [0.1, 0.15) is 30.6 Å². The van der Waals surface area contributed by atoms with Crippen molar-refractivity contribution in [2.24, 2.45) is 5.92 Å². The zero-order valence-corrected chi connectivity index (χ0v) is 10.2. The first-order chi connectivity index (χ1) is 7.54. The summed E-state index contributed by atoms with van der Waals surface area (Å²) in [6.07, 6.45) is 2.45. The Bertz CT molecular complexity index is 381. The van der Waals surface area contributed by atoms with Crippen molar-refractivity contribution in [2.75, 3.05) is 12.3 Å². The number of aromatic nitrogens is 1. The third-order valence-corrected chi connectivity index (χ3v) is 2.74. The lowest BCUT2D eigenvalue weighted by atomic mass is 10.1. The smallest absolute Gasteiger partial charge is 0.252 e. The van der Waals surface area contributed by atoms with Crippen LogP contribution in [-0.4, -0.2) is 17.4 Å². The zero-order chi connectivity index (χ0) is 12.1. The van der Waals surface area contributed by atoms with Crippen molar-refractivity contribution in [2.45, 2.75) is 20.3 Å². The summed E-state index contributed by atoms with van der Waals surface area (Å²) in [6, 6.07) is 1.52. The quantitative estimate of drug-likeness (QED) is 0.848. The lowest BCUT2D eigenvalue weighted by Gasteiger charge is -2.10. The molecule has 1 aromatic heterocycles. The van der Waals surface area contributed by atoms with Crippen molar-refractivity contribution in [1.29, 1.82) is 0 Å². The summed E-state index contributed by atoms with van der Waals surface area (Å²) >= 11 is 5.78. The molecule has 1 aromatic rings. The molecule has 0 spiro atoms. The minimum Gasteiger partial charge on any atom is -0.382 e. The van der Waals surface area contributed by atoms with Crippen LogP contribution in [-0.2, 0) is 0 Å². The van der Waals surface area contributed by atoms with Crippen molar-refractivity contribution < 1.29 is 4.79 Å². The standard InChI is InChI=1S/C11H16ClN3O/c1-3-7(2)5-15-11(16)8-4-9(12)10(13)14-6-8/h4,6-7H,3,5H2,1-2H3,(H2,13,14)(H,15,16). The number of rotatable bonds is 4. The third kappa shape index (κ3) is 3.38. The number of nitrogens with one attached hydrogen (secondary N) is 1. The van der Waals surface area contributed by atoms with E-state index in [9.17, 15) is 4.79 Å². The third-order valence-electron chi connectivity index (χ3n) is 2.44. The Morgan fingerprint density at radius 2 is 2.38 bits per heavy atom. The molecule has 1 unspecified atom stereocenters. The fraction of sp³-hybridized carbons (Fsp3) is 0.455. The second kappa shape index (κ2) is 5.70. The highest BCUT2D eigenvalue weighted by Gasteiger charge is 2.09. The fourth-order valence-corrected chi connectivity index (χ4v) is 1.25. The average Bonchev–Trinajstić information content (AvgIpc) is 2.29. The van der Waals surface area contributed by atoms with Crippen molar-refractivity contribution in [3.63, 3.8) is 0 Å². The Balaban J connectivity index is 2.63. The van der Waals surface area contributed by atoms with Gasteiger partial charge in [-0.1, -0.05) is 31.9 Å². The molecule has 5 heteroatoms. The SMILES string of the molecule is CCC(C)CNC(=O)c1cnc(N)c(Cl)c1. The van der Waals surface area contributed by atoms with Crippen LogP contribution < -0.4 is 11.1 Å². The highest BCUT2D eigenvalue weighted by Crippen LogP contribution is 2.16. The highest BCUT2D eigenvalue weighted by molar-refractivity contribution is 6.33. The predicted molar refractivity (Wildman–Crippen MR) is 65.4 cm³/mol. The minimum atomic E-state index is -0.172. The van der Waals surface area contributed by atoms with Crippen molar-refractivity contribution in [1.82, 2.24) is 10.3 Å². The van der Waals surface area contributed by atoms with Crippen LogP contribution in [0, 0.1) is 5.92 Å². The van der Waals surface area contributed by atoms with Crippen LogP contribution in [0.25, 0.3) is 0 Å². The largest absolute Gasteiger partial charge is 0.382 e. The lowest BCUT2D eigenvalue weighted by Crippen LogP contribution is -2.28. The van der Waals surface area contributed by atoms with E-state index in [1.165, 1.54) is 12.3 Å². The van der Waals surface area contributed by atoms with E-state index in [4.69, 9.17) is 17.3 Å². The first-order valence-corrected chi connectivity index (χ1v) is 5.61. The molecular weight excluding hydrogens is 226 g/mol. The molecule has 0 saturated heterocycles. The molecule has 1 heterocycles. The summed E-state index contributed by atoms with van der Waals surface area (Å²) in [5, 5.41) is 3.12. The summed E-state index contributed by atoms with van der Waals surface area (Å²) < 4.78 is 0. The number of carbonyl (C=O) groups is 1. The maximum atomic E-state index is 11.7. The maximum Gasteiger partial charge on any atom is 0.252 e. The average molecular weight is 242 g/mol. The summed E-state index contributed by atoms with van der Waals surface area (Å²) in [5.41, 5.74) is 5.89. The van der Waals surface area contributed by atoms with Gasteiger partial charge in [0.15, 0.2) is 0 Å². The number of nitrogens with two attached hydrogens (primary N) is 1. The Labute approximate surface area is 100 Å². The van der Waals surface area contributed by atoms with E-state index in [1.807, 2.05) is 0 Å². The first-order valence-electron chi connectivity index (χ1n) is 5.23. The van der Waals surface area contributed by atoms with Gasteiger partial charge in [-0.15, -0.1) is 0 Å². The molecule has 1 rings (SSSR count). The molecule has 0 bridgehead atoms. The van der Waals surface area contributed by atoms with Gasteiger partial charge in [0.05, 0.1) is 10.6 Å². The van der Waals surface area contributed by atoms with Gasteiger partial charge in [0.25, 0.3) is 5.91 Å². The zero-order valence-electron chi connectivity index (χ0n) is 9.46. The molecule has 1 amide bonds. The number of pyridine rings is 1. The molecule has 0 aliphatic heterocycles. The molecule has 0 saturated carbocycles. The molecule has 4 nitrogen and oxygen atoms in total. The summed E-state index contributed by atoms with van der Waals surface area (Å²) in [4.78, 5) is 15.5. The van der Waals surface area contributed by atoms with E-state index in [0.29, 0.717) is 23.0 Å². The van der Waals surface area contributed by atoms with Crippen LogP contribution in [0.3, 0.4) is 0 Å². The van der Waals surface area contributed by atoms with Gasteiger partial charge in [-0.05, 0) is 12.0 Å². The van der Waals surface area contributed by atoms with Crippen molar-refractivity contribution in [3.8, 4) is 0 Å². The number of nitrogen functional groups attached to an aromatic ring is 1. The fourth-order valence-electron chi connectivity index (χ4n) is 1.09. The van der Waals surface area contributed by atoms with E-state index in [1.54, 1.807) is 0 Å². The van der Waals surface area contributed by atoms with Gasteiger partial charge in [0, 0.05) is 12.7 Å². The molecule has 0 aromatic carbocycles. The molecule has 1 atom stereocenters. The summed E-state index contributed by atoms with van der Waals surface area (Å²) in [5.74, 6) is 0.524. The summed E-state index contributed by atoms with van der Waals surface area (Å²) in [6.45, 7) is 4.81. The summed E-state index contributed by atoms with van der Waals surface area (Å²) in [7, 11) is 0. The van der Waals surface area contributed by atoms with Crippen molar-refractivity contribution >= 4 is 23.3 Å². The van der Waals surface area contributed by atoms with Crippen LogP contribution in [0.2, 0.25) is 5.02 Å². The van der Waals surface area contributed by atoms with Gasteiger partial charge in [-0.2, -0.15) is 0 Å². The van der Waals surface area contributed by atoms with Gasteiger partial charge >= 0.3 is 0 Å². The molecule has 0 aliphatic rings. The van der Waals surface area contributed by atoms with E-state index in [0.717, 1.165) is 6.42 Å². The molecule has 0 aliphatic carbocycles. The molecule has 0 fully saturated rings. The number of amides is 1. The second-order valence-corrected chi connectivity index (χ2v) is 4.22. The number of hydrogen-bond donors (Lipinski definition) is 2. The van der Waals surface area contributed by atoms with E-state index in [-0.39, 0.29) is 11.7 Å². The van der Waals surface area contributed by atoms with E-state index < -0.39 is 0 Å². The van der Waals surface area contributed by atoms with Gasteiger partial charge < -0.3 is 11.1 Å². The normalized spacial score (nSPS) is 12.2. The van der Waals surface area contributed by atoms with Crippen LogP contribution in [0.15, 0.2) is 12.3 Å². The second-order valence-electron chi connectivity index (χ2n) is 3.81. The van der Waals surface area contributed by atoms with Gasteiger partial charge in [-0.3, -0.25) is 4.79 Å². The van der Waals surface area contributed by atoms with E-state index >= 15 is 0 Å². The Morgan fingerprint density at radius 1 is 1.69 bits per heavy atom. The monoisotopic (exact) mass is 241 g/mol. The van der Waals surface area contributed by atoms with Gasteiger partial charge in [-0.25, -0.2) is 4.98 Å². The Morgan fingerprint density at radius 3 is 2.94 bits per heavy atom. The number of halogens is 1. The van der Waals surface area contributed by atoms with Gasteiger partial charge in [0.1, 0.15) is 5.82 Å². The molecule has 0 radical (unpaired) electrons.